The molecule has 3 heterocycles. The lowest BCUT2D eigenvalue weighted by Crippen LogP contribution is -2.59. The number of para-hydroxylation sites is 1. The zero-order chi connectivity index (χ0) is 27.4. The fraction of sp³-hybridized carbons (Fsp3) is 0.444. The molecule has 1 aromatic carbocycles. The molecule has 0 aliphatic carbocycles. The Labute approximate surface area is 222 Å². The van der Waals surface area contributed by atoms with Crippen LogP contribution in [0.4, 0.5) is 0 Å². The van der Waals surface area contributed by atoms with Crippen LogP contribution in [0.5, 0.6) is 0 Å². The van der Waals surface area contributed by atoms with Crippen LogP contribution in [0.1, 0.15) is 55.8 Å². The molecule has 1 fully saturated rings. The molecule has 3 atom stereocenters. The van der Waals surface area contributed by atoms with Crippen molar-refractivity contribution in [1.29, 1.82) is 0 Å². The van der Waals surface area contributed by atoms with Crippen LogP contribution in [0.3, 0.4) is 0 Å². The predicted octanol–water partition coefficient (Wildman–Crippen LogP) is 2.96. The Kier molecular flexibility index (Phi) is 8.49. The number of fused-ring (bicyclic) bond motifs is 1. The number of aryl methyl sites for hydroxylation is 1. The highest BCUT2D eigenvalue weighted by atomic mass is 32.2. The topological polar surface area (TPSA) is 142 Å². The van der Waals surface area contributed by atoms with Crippen LogP contribution in [0.25, 0.3) is 11.0 Å². The number of nitrogens with one attached hydrogen (secondary N) is 2. The second-order valence-corrected chi connectivity index (χ2v) is 11.9. The molecule has 11 heteroatoms. The summed E-state index contributed by atoms with van der Waals surface area (Å²) in [5, 5.41) is 17.0. The zero-order valence-electron chi connectivity index (χ0n) is 21.8. The number of sulfonamides is 1. The van der Waals surface area contributed by atoms with Gasteiger partial charge in [-0.05, 0) is 62.8 Å². The highest BCUT2D eigenvalue weighted by Crippen LogP contribution is 2.24. The van der Waals surface area contributed by atoms with E-state index in [4.69, 9.17) is 4.42 Å². The Balaban J connectivity index is 1.58. The van der Waals surface area contributed by atoms with Gasteiger partial charge in [-0.25, -0.2) is 13.4 Å². The van der Waals surface area contributed by atoms with Gasteiger partial charge in [0.05, 0.1) is 6.10 Å². The van der Waals surface area contributed by atoms with E-state index in [1.807, 2.05) is 26.0 Å². The Morgan fingerprint density at radius 3 is 2.63 bits per heavy atom. The first-order valence-electron chi connectivity index (χ1n) is 12.8. The summed E-state index contributed by atoms with van der Waals surface area (Å²) < 4.78 is 33.8. The van der Waals surface area contributed by atoms with Crippen molar-refractivity contribution in [2.24, 2.45) is 5.92 Å². The molecule has 0 radical (unpaired) electrons. The molecule has 1 aliphatic rings. The lowest BCUT2D eigenvalue weighted by atomic mass is 10.0. The zero-order valence-corrected chi connectivity index (χ0v) is 22.6. The van der Waals surface area contributed by atoms with Gasteiger partial charge >= 0.3 is 0 Å². The maximum Gasteiger partial charge on any atom is 0.287 e. The molecule has 0 saturated carbocycles. The van der Waals surface area contributed by atoms with Gasteiger partial charge in [0.2, 0.25) is 5.91 Å². The van der Waals surface area contributed by atoms with E-state index in [1.54, 1.807) is 37.3 Å². The number of aliphatic hydroxyl groups excluding tert-OH is 1. The molecule has 0 bridgehead atoms. The normalized spacial score (nSPS) is 19.7. The van der Waals surface area contributed by atoms with Crippen molar-refractivity contribution >= 4 is 32.8 Å². The number of carbonyl (C=O) groups is 2. The average molecular weight is 543 g/mol. The number of rotatable bonds is 8. The molecule has 1 aliphatic heterocycles. The molecule has 2 amide bonds. The van der Waals surface area contributed by atoms with Crippen LogP contribution < -0.4 is 10.6 Å². The van der Waals surface area contributed by atoms with Crippen molar-refractivity contribution in [2.45, 2.75) is 69.8 Å². The summed E-state index contributed by atoms with van der Waals surface area (Å²) in [5.41, 5.74) is 1.09. The molecule has 38 heavy (non-hydrogen) atoms. The number of aromatic nitrogens is 1. The number of nitrogens with zero attached hydrogens (tertiary/aromatic N) is 2. The molecular formula is C27H34N4O6S. The molecule has 1 saturated heterocycles. The van der Waals surface area contributed by atoms with E-state index >= 15 is 0 Å². The summed E-state index contributed by atoms with van der Waals surface area (Å²) in [6.45, 7) is 5.62. The lowest BCUT2D eigenvalue weighted by Gasteiger charge is -2.33. The number of benzene rings is 1. The van der Waals surface area contributed by atoms with Crippen molar-refractivity contribution in [3.05, 3.63) is 60.0 Å². The minimum Gasteiger partial charge on any atom is -0.451 e. The van der Waals surface area contributed by atoms with E-state index in [1.165, 1.54) is 6.07 Å². The van der Waals surface area contributed by atoms with Gasteiger partial charge in [-0.3, -0.25) is 9.59 Å². The summed E-state index contributed by atoms with van der Waals surface area (Å²) in [6, 6.07) is 12.5. The van der Waals surface area contributed by atoms with Crippen LogP contribution in [-0.2, 0) is 14.8 Å². The standard InChI is InChI=1S/C27H34N4O6S/c1-17(2)15-20(29-27(34)23-16-19-10-4-5-12-22(19)37-23)26(33)30-25-21(32)11-6-7-14-31(25)38(35,36)24-13-8-9-18(3)28-24/h4-5,8-10,12-13,16-17,20-21,25,32H,6-7,11,14-15H2,1-3H3,(H,29,34)(H,30,33)/t20?,21-,25?/m0/s1. The van der Waals surface area contributed by atoms with E-state index in [-0.39, 0.29) is 23.2 Å². The summed E-state index contributed by atoms with van der Waals surface area (Å²) >= 11 is 0. The van der Waals surface area contributed by atoms with E-state index in [9.17, 15) is 23.1 Å². The molecule has 4 rings (SSSR count). The van der Waals surface area contributed by atoms with Crippen molar-refractivity contribution in [3.63, 3.8) is 0 Å². The molecule has 2 unspecified atom stereocenters. The molecule has 2 aromatic heterocycles. The summed E-state index contributed by atoms with van der Waals surface area (Å²) in [4.78, 5) is 30.7. The van der Waals surface area contributed by atoms with Gasteiger partial charge in [-0.2, -0.15) is 4.31 Å². The molecule has 3 N–H and O–H groups in total. The first kappa shape index (κ1) is 27.7. The van der Waals surface area contributed by atoms with Crippen LogP contribution in [0.15, 0.2) is 58.0 Å². The van der Waals surface area contributed by atoms with Gasteiger partial charge in [0, 0.05) is 17.6 Å². The smallest absolute Gasteiger partial charge is 0.287 e. The van der Waals surface area contributed by atoms with Crippen LogP contribution in [0.2, 0.25) is 0 Å². The van der Waals surface area contributed by atoms with Crippen LogP contribution in [0, 0.1) is 12.8 Å². The Bertz CT molecular complexity index is 1370. The Hall–Kier alpha value is -3.28. The van der Waals surface area contributed by atoms with Gasteiger partial charge in [0.1, 0.15) is 17.8 Å². The van der Waals surface area contributed by atoms with Gasteiger partial charge < -0.3 is 20.2 Å². The van der Waals surface area contributed by atoms with Crippen LogP contribution >= 0.6 is 0 Å². The van der Waals surface area contributed by atoms with E-state index in [0.29, 0.717) is 37.0 Å². The highest BCUT2D eigenvalue weighted by Gasteiger charge is 2.40. The fourth-order valence-electron chi connectivity index (χ4n) is 4.60. The average Bonchev–Trinajstić information content (AvgIpc) is 3.22. The van der Waals surface area contributed by atoms with E-state index < -0.39 is 40.1 Å². The molecule has 3 aromatic rings. The predicted molar refractivity (Wildman–Crippen MR) is 142 cm³/mol. The third kappa shape index (κ3) is 6.23. The van der Waals surface area contributed by atoms with Crippen molar-refractivity contribution in [1.82, 2.24) is 19.9 Å². The largest absolute Gasteiger partial charge is 0.451 e. The summed E-state index contributed by atoms with van der Waals surface area (Å²) in [7, 11) is -4.12. The number of pyridine rings is 1. The lowest BCUT2D eigenvalue weighted by molar-refractivity contribution is -0.126. The number of furan rings is 1. The van der Waals surface area contributed by atoms with Gasteiger partial charge in [0.15, 0.2) is 10.8 Å². The molecule has 0 spiro atoms. The number of aliphatic hydroxyl groups is 1. The third-order valence-electron chi connectivity index (χ3n) is 6.51. The van der Waals surface area contributed by atoms with Gasteiger partial charge in [0.25, 0.3) is 15.9 Å². The first-order chi connectivity index (χ1) is 18.1. The van der Waals surface area contributed by atoms with Crippen molar-refractivity contribution < 1.29 is 27.5 Å². The maximum atomic E-state index is 13.5. The summed E-state index contributed by atoms with van der Waals surface area (Å²) in [6.07, 6.45) is -0.612. The second kappa shape index (κ2) is 11.6. The molecular weight excluding hydrogens is 508 g/mol. The molecule has 10 nitrogen and oxygen atoms in total. The Morgan fingerprint density at radius 1 is 1.16 bits per heavy atom. The fourth-order valence-corrected chi connectivity index (χ4v) is 6.21. The first-order valence-corrected chi connectivity index (χ1v) is 14.2. The van der Waals surface area contributed by atoms with E-state index in [0.717, 1.165) is 9.69 Å². The molecule has 204 valence electrons. The number of amides is 2. The minimum absolute atomic E-state index is 0.0390. The van der Waals surface area contributed by atoms with E-state index in [2.05, 4.69) is 15.6 Å². The monoisotopic (exact) mass is 542 g/mol. The SMILES string of the molecule is Cc1cccc(S(=O)(=O)N2CCCC[C@H](O)C2NC(=O)C(CC(C)C)NC(=O)c2cc3ccccc3o2)n1. The number of hydrogen-bond acceptors (Lipinski definition) is 7. The number of hydrogen-bond donors (Lipinski definition) is 3. The minimum atomic E-state index is -4.12. The van der Waals surface area contributed by atoms with Gasteiger partial charge in [-0.15, -0.1) is 0 Å². The quantitative estimate of drug-likeness (QED) is 0.397. The third-order valence-corrected chi connectivity index (χ3v) is 8.29. The van der Waals surface area contributed by atoms with Crippen molar-refractivity contribution in [2.75, 3.05) is 6.54 Å². The maximum absolute atomic E-state index is 13.5. The highest BCUT2D eigenvalue weighted by molar-refractivity contribution is 7.89. The van der Waals surface area contributed by atoms with Crippen molar-refractivity contribution in [3.8, 4) is 0 Å². The second-order valence-electron chi connectivity index (χ2n) is 10.1. The van der Waals surface area contributed by atoms with Crippen LogP contribution in [-0.4, -0.2) is 59.5 Å². The Morgan fingerprint density at radius 2 is 1.92 bits per heavy atom. The number of carbonyl (C=O) groups excluding carboxylic acids is 2. The summed E-state index contributed by atoms with van der Waals surface area (Å²) in [5.74, 6) is -1.04. The van der Waals surface area contributed by atoms with Gasteiger partial charge in [-0.1, -0.05) is 38.1 Å².